The molecule has 158 valence electrons. The summed E-state index contributed by atoms with van der Waals surface area (Å²) in [5, 5.41) is 0. The molecule has 0 saturated carbocycles. The Morgan fingerprint density at radius 2 is 0.875 bits per heavy atom. The number of rotatable bonds is 7. The zero-order valence-electron chi connectivity index (χ0n) is 18.1. The monoisotopic (exact) mass is 420 g/mol. The number of para-hydroxylation sites is 2. The molecular formula is C28H24N2O2. The van der Waals surface area contributed by atoms with Crippen LogP contribution in [0.15, 0.2) is 107 Å². The Labute approximate surface area is 188 Å². The molecule has 0 amide bonds. The van der Waals surface area contributed by atoms with Crippen molar-refractivity contribution in [2.24, 2.45) is 9.98 Å². The lowest BCUT2D eigenvalue weighted by atomic mass is 10.0. The van der Waals surface area contributed by atoms with Crippen molar-refractivity contribution in [2.45, 2.75) is 0 Å². The molecule has 0 aromatic heterocycles. The quantitative estimate of drug-likeness (QED) is 0.306. The minimum atomic E-state index is 0.825. The Bertz CT molecular complexity index is 1130. The average molecular weight is 421 g/mol. The highest BCUT2D eigenvalue weighted by Crippen LogP contribution is 2.36. The lowest BCUT2D eigenvalue weighted by Gasteiger charge is -2.09. The third-order valence-corrected chi connectivity index (χ3v) is 5.04. The average Bonchev–Trinajstić information content (AvgIpc) is 2.87. The van der Waals surface area contributed by atoms with E-state index in [1.54, 1.807) is 14.2 Å². The summed E-state index contributed by atoms with van der Waals surface area (Å²) in [5.41, 5.74) is 5.84. The van der Waals surface area contributed by atoms with E-state index < -0.39 is 0 Å². The van der Waals surface area contributed by atoms with Gasteiger partial charge in [0.05, 0.1) is 25.6 Å². The first-order valence-electron chi connectivity index (χ1n) is 10.3. The molecule has 0 aliphatic rings. The van der Waals surface area contributed by atoms with Gasteiger partial charge in [-0.3, -0.25) is 9.98 Å². The van der Waals surface area contributed by atoms with Crippen LogP contribution in [0.25, 0.3) is 11.1 Å². The molecule has 4 nitrogen and oxygen atoms in total. The largest absolute Gasteiger partial charge is 0.497 e. The lowest BCUT2D eigenvalue weighted by molar-refractivity contribution is 0.414. The van der Waals surface area contributed by atoms with Gasteiger partial charge in [0.1, 0.15) is 11.5 Å². The number of aliphatic imine (C=N–C) groups is 2. The van der Waals surface area contributed by atoms with Crippen LogP contribution in [-0.2, 0) is 0 Å². The van der Waals surface area contributed by atoms with Crippen molar-refractivity contribution < 1.29 is 9.47 Å². The summed E-state index contributed by atoms with van der Waals surface area (Å²) in [5.74, 6) is 1.65. The second-order valence-corrected chi connectivity index (χ2v) is 7.10. The molecule has 4 rings (SSSR count). The van der Waals surface area contributed by atoms with E-state index in [1.165, 1.54) is 0 Å². The maximum Gasteiger partial charge on any atom is 0.118 e. The van der Waals surface area contributed by atoms with Gasteiger partial charge < -0.3 is 9.47 Å². The second-order valence-electron chi connectivity index (χ2n) is 7.10. The third-order valence-electron chi connectivity index (χ3n) is 5.04. The van der Waals surface area contributed by atoms with Crippen molar-refractivity contribution in [1.29, 1.82) is 0 Å². The fourth-order valence-corrected chi connectivity index (χ4v) is 3.30. The molecule has 0 aliphatic carbocycles. The number of nitrogens with zero attached hydrogens (tertiary/aromatic N) is 2. The number of benzene rings is 4. The molecule has 4 aromatic rings. The Balaban J connectivity index is 1.64. The number of methoxy groups -OCH3 is 2. The van der Waals surface area contributed by atoms with Crippen LogP contribution in [0.5, 0.6) is 11.5 Å². The predicted octanol–water partition coefficient (Wildman–Crippen LogP) is 6.87. The van der Waals surface area contributed by atoms with E-state index in [4.69, 9.17) is 19.5 Å². The Kier molecular flexibility index (Phi) is 6.73. The summed E-state index contributed by atoms with van der Waals surface area (Å²) >= 11 is 0. The topological polar surface area (TPSA) is 43.2 Å². The zero-order valence-corrected chi connectivity index (χ0v) is 18.1. The van der Waals surface area contributed by atoms with Crippen molar-refractivity contribution in [3.05, 3.63) is 108 Å². The molecular weight excluding hydrogens is 396 g/mol. The molecule has 0 saturated heterocycles. The molecule has 0 fully saturated rings. The molecule has 0 atom stereocenters. The standard InChI is InChI=1S/C28H24N2O2/c1-31-23-15-11-21(12-16-23)19-29-27-9-5-3-7-25(27)26-8-4-6-10-28(26)30-20-22-13-17-24(32-2)18-14-22/h3-20H,1-2H3. The van der Waals surface area contributed by atoms with Crippen LogP contribution in [0.2, 0.25) is 0 Å². The van der Waals surface area contributed by atoms with Gasteiger partial charge in [-0.2, -0.15) is 0 Å². The minimum Gasteiger partial charge on any atom is -0.497 e. The van der Waals surface area contributed by atoms with E-state index in [-0.39, 0.29) is 0 Å². The van der Waals surface area contributed by atoms with Gasteiger partial charge in [0.15, 0.2) is 0 Å². The van der Waals surface area contributed by atoms with E-state index in [2.05, 4.69) is 12.1 Å². The van der Waals surface area contributed by atoms with E-state index in [0.29, 0.717) is 0 Å². The van der Waals surface area contributed by atoms with Gasteiger partial charge in [0.2, 0.25) is 0 Å². The summed E-state index contributed by atoms with van der Waals surface area (Å²) in [7, 11) is 3.32. The highest BCUT2D eigenvalue weighted by molar-refractivity contribution is 5.90. The fourth-order valence-electron chi connectivity index (χ4n) is 3.30. The highest BCUT2D eigenvalue weighted by Gasteiger charge is 2.08. The van der Waals surface area contributed by atoms with Crippen molar-refractivity contribution in [3.63, 3.8) is 0 Å². The SMILES string of the molecule is COc1ccc(C=Nc2ccccc2-c2ccccc2N=Cc2ccc(OC)cc2)cc1. The van der Waals surface area contributed by atoms with Gasteiger partial charge in [0, 0.05) is 23.6 Å². The summed E-state index contributed by atoms with van der Waals surface area (Å²) in [6, 6.07) is 31.8. The number of hydrogen-bond acceptors (Lipinski definition) is 4. The Morgan fingerprint density at radius 1 is 0.500 bits per heavy atom. The number of hydrogen-bond donors (Lipinski definition) is 0. The zero-order chi connectivity index (χ0) is 22.2. The summed E-state index contributed by atoms with van der Waals surface area (Å²) in [4.78, 5) is 9.51. The van der Waals surface area contributed by atoms with E-state index in [0.717, 1.165) is 45.1 Å². The van der Waals surface area contributed by atoms with Crippen LogP contribution >= 0.6 is 0 Å². The third kappa shape index (κ3) is 5.10. The van der Waals surface area contributed by atoms with Crippen LogP contribution in [0.4, 0.5) is 11.4 Å². The van der Waals surface area contributed by atoms with E-state index in [1.807, 2.05) is 97.4 Å². The van der Waals surface area contributed by atoms with Gasteiger partial charge in [-0.15, -0.1) is 0 Å². The molecule has 32 heavy (non-hydrogen) atoms. The van der Waals surface area contributed by atoms with Crippen LogP contribution in [0.3, 0.4) is 0 Å². The predicted molar refractivity (Wildman–Crippen MR) is 132 cm³/mol. The molecule has 0 aliphatic heterocycles. The van der Waals surface area contributed by atoms with Gasteiger partial charge in [-0.25, -0.2) is 0 Å². The van der Waals surface area contributed by atoms with Gasteiger partial charge in [0.25, 0.3) is 0 Å². The maximum atomic E-state index is 5.22. The number of ether oxygens (including phenoxy) is 2. The Hall–Kier alpha value is -4.18. The minimum absolute atomic E-state index is 0.825. The molecule has 0 N–H and O–H groups in total. The van der Waals surface area contributed by atoms with Crippen molar-refractivity contribution in [3.8, 4) is 22.6 Å². The maximum absolute atomic E-state index is 5.22. The van der Waals surface area contributed by atoms with Gasteiger partial charge in [-0.05, 0) is 71.8 Å². The van der Waals surface area contributed by atoms with Crippen LogP contribution in [-0.4, -0.2) is 26.6 Å². The van der Waals surface area contributed by atoms with Crippen LogP contribution < -0.4 is 9.47 Å². The molecule has 4 aromatic carbocycles. The molecule has 0 heterocycles. The van der Waals surface area contributed by atoms with Gasteiger partial charge >= 0.3 is 0 Å². The van der Waals surface area contributed by atoms with Gasteiger partial charge in [-0.1, -0.05) is 36.4 Å². The molecule has 0 radical (unpaired) electrons. The van der Waals surface area contributed by atoms with Crippen LogP contribution in [0, 0.1) is 0 Å². The normalized spacial score (nSPS) is 11.2. The van der Waals surface area contributed by atoms with E-state index >= 15 is 0 Å². The second kappa shape index (κ2) is 10.2. The molecule has 0 unspecified atom stereocenters. The first kappa shape index (κ1) is 21.1. The van der Waals surface area contributed by atoms with Crippen molar-refractivity contribution in [1.82, 2.24) is 0 Å². The lowest BCUT2D eigenvalue weighted by Crippen LogP contribution is -1.86. The summed E-state index contributed by atoms with van der Waals surface area (Å²) < 4.78 is 10.4. The first-order valence-corrected chi connectivity index (χ1v) is 10.3. The Morgan fingerprint density at radius 3 is 1.25 bits per heavy atom. The summed E-state index contributed by atoms with van der Waals surface area (Å²) in [6.45, 7) is 0. The fraction of sp³-hybridized carbons (Fsp3) is 0.0714. The van der Waals surface area contributed by atoms with Crippen molar-refractivity contribution in [2.75, 3.05) is 14.2 Å². The van der Waals surface area contributed by atoms with Crippen LogP contribution in [0.1, 0.15) is 11.1 Å². The smallest absolute Gasteiger partial charge is 0.118 e. The molecule has 0 bridgehead atoms. The summed E-state index contributed by atoms with van der Waals surface area (Å²) in [6.07, 6.45) is 3.73. The highest BCUT2D eigenvalue weighted by atomic mass is 16.5. The molecule has 0 spiro atoms. The first-order chi connectivity index (χ1) is 15.8. The van der Waals surface area contributed by atoms with Crippen molar-refractivity contribution >= 4 is 23.8 Å². The van der Waals surface area contributed by atoms with E-state index in [9.17, 15) is 0 Å². The molecule has 4 heteroatoms.